The molecule has 3 heteroatoms. The molecule has 1 aromatic carbocycles. The molecule has 110 valence electrons. The molecule has 1 saturated carbocycles. The maximum absolute atomic E-state index is 11.8. The molecule has 3 nitrogen and oxygen atoms in total. The maximum Gasteiger partial charge on any atom is 0.237 e. The SMILES string of the molecule is CC(NCc1ccc(C(C)(C)C)cc1)C(=O)NC1CC1. The highest BCUT2D eigenvalue weighted by Gasteiger charge is 2.25. The average Bonchev–Trinajstić information content (AvgIpc) is 3.19. The maximum atomic E-state index is 11.8. The van der Waals surface area contributed by atoms with Crippen LogP contribution in [0.15, 0.2) is 24.3 Å². The Kier molecular flexibility index (Phi) is 4.48. The van der Waals surface area contributed by atoms with E-state index in [1.807, 2.05) is 6.92 Å². The van der Waals surface area contributed by atoms with Crippen molar-refractivity contribution in [2.75, 3.05) is 0 Å². The van der Waals surface area contributed by atoms with E-state index >= 15 is 0 Å². The van der Waals surface area contributed by atoms with E-state index < -0.39 is 0 Å². The highest BCUT2D eigenvalue weighted by Crippen LogP contribution is 2.22. The van der Waals surface area contributed by atoms with Gasteiger partial charge in [0.15, 0.2) is 0 Å². The number of carbonyl (C=O) groups excluding carboxylic acids is 1. The van der Waals surface area contributed by atoms with Crippen molar-refractivity contribution in [1.82, 2.24) is 10.6 Å². The van der Waals surface area contributed by atoms with Gasteiger partial charge in [0.1, 0.15) is 0 Å². The number of hydrogen-bond donors (Lipinski definition) is 2. The monoisotopic (exact) mass is 274 g/mol. The Morgan fingerprint density at radius 1 is 1.25 bits per heavy atom. The van der Waals surface area contributed by atoms with Gasteiger partial charge in [0, 0.05) is 12.6 Å². The van der Waals surface area contributed by atoms with E-state index in [4.69, 9.17) is 0 Å². The van der Waals surface area contributed by atoms with E-state index in [1.165, 1.54) is 11.1 Å². The average molecular weight is 274 g/mol. The Balaban J connectivity index is 1.82. The molecular formula is C17H26N2O. The summed E-state index contributed by atoms with van der Waals surface area (Å²) in [6, 6.07) is 8.91. The summed E-state index contributed by atoms with van der Waals surface area (Å²) >= 11 is 0. The van der Waals surface area contributed by atoms with Crippen molar-refractivity contribution in [3.8, 4) is 0 Å². The van der Waals surface area contributed by atoms with Gasteiger partial charge in [-0.25, -0.2) is 0 Å². The predicted octanol–water partition coefficient (Wildman–Crippen LogP) is 2.74. The summed E-state index contributed by atoms with van der Waals surface area (Å²) < 4.78 is 0. The molecule has 2 N–H and O–H groups in total. The number of benzene rings is 1. The third-order valence-corrected chi connectivity index (χ3v) is 3.75. The first-order valence-corrected chi connectivity index (χ1v) is 7.49. The third kappa shape index (κ3) is 4.34. The van der Waals surface area contributed by atoms with Gasteiger partial charge in [-0.2, -0.15) is 0 Å². The molecule has 1 fully saturated rings. The lowest BCUT2D eigenvalue weighted by atomic mass is 9.87. The zero-order chi connectivity index (χ0) is 14.8. The summed E-state index contributed by atoms with van der Waals surface area (Å²) in [4.78, 5) is 11.8. The molecule has 0 aromatic heterocycles. The zero-order valence-corrected chi connectivity index (χ0v) is 13.0. The predicted molar refractivity (Wildman–Crippen MR) is 82.6 cm³/mol. The van der Waals surface area contributed by atoms with Crippen LogP contribution in [0.5, 0.6) is 0 Å². The van der Waals surface area contributed by atoms with Gasteiger partial charge in [-0.3, -0.25) is 4.79 Å². The van der Waals surface area contributed by atoms with Crippen molar-refractivity contribution in [1.29, 1.82) is 0 Å². The number of hydrogen-bond acceptors (Lipinski definition) is 2. The zero-order valence-electron chi connectivity index (χ0n) is 13.0. The Labute approximate surface area is 122 Å². The van der Waals surface area contributed by atoms with Gasteiger partial charge in [0.25, 0.3) is 0 Å². The summed E-state index contributed by atoms with van der Waals surface area (Å²) in [5.41, 5.74) is 2.73. The molecule has 0 aliphatic heterocycles. The highest BCUT2D eigenvalue weighted by molar-refractivity contribution is 5.81. The van der Waals surface area contributed by atoms with E-state index in [-0.39, 0.29) is 17.4 Å². The number of amides is 1. The fraction of sp³-hybridized carbons (Fsp3) is 0.588. The van der Waals surface area contributed by atoms with Crippen molar-refractivity contribution in [3.05, 3.63) is 35.4 Å². The Morgan fingerprint density at radius 2 is 1.85 bits per heavy atom. The van der Waals surface area contributed by atoms with Crippen molar-refractivity contribution >= 4 is 5.91 Å². The molecule has 0 bridgehead atoms. The van der Waals surface area contributed by atoms with Gasteiger partial charge in [0.05, 0.1) is 6.04 Å². The van der Waals surface area contributed by atoms with Crippen LogP contribution in [0.2, 0.25) is 0 Å². The largest absolute Gasteiger partial charge is 0.352 e. The Bertz CT molecular complexity index is 455. The highest BCUT2D eigenvalue weighted by atomic mass is 16.2. The quantitative estimate of drug-likeness (QED) is 0.867. The van der Waals surface area contributed by atoms with Gasteiger partial charge in [-0.05, 0) is 36.3 Å². The van der Waals surface area contributed by atoms with Gasteiger partial charge in [-0.1, -0.05) is 45.0 Å². The van der Waals surface area contributed by atoms with Crippen LogP contribution in [0, 0.1) is 0 Å². The lowest BCUT2D eigenvalue weighted by Gasteiger charge is -2.19. The standard InChI is InChI=1S/C17H26N2O/c1-12(16(20)19-15-9-10-15)18-11-13-5-7-14(8-6-13)17(2,3)4/h5-8,12,15,18H,9-11H2,1-4H3,(H,19,20). The minimum Gasteiger partial charge on any atom is -0.352 e. The third-order valence-electron chi connectivity index (χ3n) is 3.75. The summed E-state index contributed by atoms with van der Waals surface area (Å²) in [6.45, 7) is 9.28. The van der Waals surface area contributed by atoms with Crippen LogP contribution in [0.1, 0.15) is 51.7 Å². The van der Waals surface area contributed by atoms with Crippen LogP contribution in [0.4, 0.5) is 0 Å². The topological polar surface area (TPSA) is 41.1 Å². The number of rotatable bonds is 5. The molecule has 1 atom stereocenters. The molecule has 0 heterocycles. The van der Waals surface area contributed by atoms with Crippen LogP contribution in [0.3, 0.4) is 0 Å². The molecule has 0 saturated heterocycles. The van der Waals surface area contributed by atoms with Crippen LogP contribution < -0.4 is 10.6 Å². The molecule has 1 unspecified atom stereocenters. The van der Waals surface area contributed by atoms with E-state index in [0.717, 1.165) is 19.4 Å². The van der Waals surface area contributed by atoms with Crippen LogP contribution >= 0.6 is 0 Å². The van der Waals surface area contributed by atoms with Crippen molar-refractivity contribution < 1.29 is 4.79 Å². The van der Waals surface area contributed by atoms with Crippen molar-refractivity contribution in [2.24, 2.45) is 0 Å². The summed E-state index contributed by atoms with van der Waals surface area (Å²) in [6.07, 6.45) is 2.26. The first-order valence-electron chi connectivity index (χ1n) is 7.49. The molecule has 1 amide bonds. The second-order valence-corrected chi connectivity index (χ2v) is 6.83. The van der Waals surface area contributed by atoms with Crippen LogP contribution in [-0.4, -0.2) is 18.0 Å². The van der Waals surface area contributed by atoms with Gasteiger partial charge < -0.3 is 10.6 Å². The fourth-order valence-corrected chi connectivity index (χ4v) is 2.04. The molecule has 2 rings (SSSR count). The first kappa shape index (κ1) is 15.0. The molecule has 1 aromatic rings. The smallest absolute Gasteiger partial charge is 0.237 e. The van der Waals surface area contributed by atoms with Gasteiger partial charge >= 0.3 is 0 Å². The first-order chi connectivity index (χ1) is 9.36. The van der Waals surface area contributed by atoms with E-state index in [2.05, 4.69) is 55.7 Å². The second kappa shape index (κ2) is 5.96. The van der Waals surface area contributed by atoms with E-state index in [9.17, 15) is 4.79 Å². The minimum absolute atomic E-state index is 0.110. The Morgan fingerprint density at radius 3 is 2.35 bits per heavy atom. The summed E-state index contributed by atoms with van der Waals surface area (Å²) in [5.74, 6) is 0.110. The molecule has 20 heavy (non-hydrogen) atoms. The Hall–Kier alpha value is -1.35. The second-order valence-electron chi connectivity index (χ2n) is 6.83. The van der Waals surface area contributed by atoms with Gasteiger partial charge in [-0.15, -0.1) is 0 Å². The molecule has 0 spiro atoms. The van der Waals surface area contributed by atoms with E-state index in [1.54, 1.807) is 0 Å². The number of nitrogens with one attached hydrogen (secondary N) is 2. The lowest BCUT2D eigenvalue weighted by molar-refractivity contribution is -0.122. The van der Waals surface area contributed by atoms with Crippen molar-refractivity contribution in [3.63, 3.8) is 0 Å². The summed E-state index contributed by atoms with van der Waals surface area (Å²) in [5, 5.41) is 6.30. The normalized spacial score (nSPS) is 16.8. The molecule has 0 radical (unpaired) electrons. The molecule has 1 aliphatic rings. The van der Waals surface area contributed by atoms with Crippen LogP contribution in [-0.2, 0) is 16.8 Å². The van der Waals surface area contributed by atoms with E-state index in [0.29, 0.717) is 6.04 Å². The number of carbonyl (C=O) groups is 1. The fourth-order valence-electron chi connectivity index (χ4n) is 2.04. The van der Waals surface area contributed by atoms with Gasteiger partial charge in [0.2, 0.25) is 5.91 Å². The van der Waals surface area contributed by atoms with Crippen molar-refractivity contribution in [2.45, 2.75) is 64.6 Å². The minimum atomic E-state index is -0.141. The molecule has 1 aliphatic carbocycles. The molecular weight excluding hydrogens is 248 g/mol. The summed E-state index contributed by atoms with van der Waals surface area (Å²) in [7, 11) is 0. The van der Waals surface area contributed by atoms with Crippen LogP contribution in [0.25, 0.3) is 0 Å². The lowest BCUT2D eigenvalue weighted by Crippen LogP contribution is -2.42.